The molecule has 0 radical (unpaired) electrons. The Kier molecular flexibility index (Phi) is 3.92. The van der Waals surface area contributed by atoms with Gasteiger partial charge in [0.25, 0.3) is 0 Å². The van der Waals surface area contributed by atoms with Gasteiger partial charge in [-0.05, 0) is 31.6 Å². The highest BCUT2D eigenvalue weighted by Crippen LogP contribution is 2.34. The van der Waals surface area contributed by atoms with Crippen LogP contribution in [-0.4, -0.2) is 20.8 Å². The highest BCUT2D eigenvalue weighted by molar-refractivity contribution is 5.96. The molecule has 2 atom stereocenters. The van der Waals surface area contributed by atoms with Gasteiger partial charge < -0.3 is 0 Å². The summed E-state index contributed by atoms with van der Waals surface area (Å²) in [5.41, 5.74) is 0.702. The number of carbonyl (C=O) groups excluding carboxylic acids is 1. The minimum absolute atomic E-state index is 0.203. The lowest BCUT2D eigenvalue weighted by Crippen LogP contribution is -2.17. The van der Waals surface area contributed by atoms with E-state index in [4.69, 9.17) is 0 Å². The normalized spacial score (nSPS) is 24.1. The average molecular weight is 235 g/mol. The van der Waals surface area contributed by atoms with E-state index in [0.717, 1.165) is 31.7 Å². The average Bonchev–Trinajstić information content (AvgIpc) is 2.97. The van der Waals surface area contributed by atoms with Crippen molar-refractivity contribution < 1.29 is 4.79 Å². The van der Waals surface area contributed by atoms with Crippen molar-refractivity contribution in [2.75, 3.05) is 0 Å². The van der Waals surface area contributed by atoms with Crippen LogP contribution in [0.25, 0.3) is 0 Å². The fourth-order valence-electron chi connectivity index (χ4n) is 2.72. The molecule has 4 heteroatoms. The molecule has 1 aliphatic rings. The van der Waals surface area contributed by atoms with E-state index in [1.807, 2.05) is 0 Å². The molecule has 1 aromatic heterocycles. The maximum atomic E-state index is 12.4. The second-order valence-electron chi connectivity index (χ2n) is 4.99. The Balaban J connectivity index is 2.06. The minimum atomic E-state index is 0.203. The van der Waals surface area contributed by atoms with E-state index in [2.05, 4.69) is 24.2 Å². The topological polar surface area (TPSA) is 47.8 Å². The zero-order chi connectivity index (χ0) is 12.3. The molecule has 0 bridgehead atoms. The molecule has 1 fully saturated rings. The number of hydrogen-bond donors (Lipinski definition) is 0. The van der Waals surface area contributed by atoms with Crippen molar-refractivity contribution in [3.05, 3.63) is 11.9 Å². The van der Waals surface area contributed by atoms with Gasteiger partial charge in [0, 0.05) is 12.5 Å². The summed E-state index contributed by atoms with van der Waals surface area (Å²) in [5.74, 6) is 1.19. The molecule has 0 saturated heterocycles. The van der Waals surface area contributed by atoms with Gasteiger partial charge in [0.05, 0.1) is 6.20 Å². The van der Waals surface area contributed by atoms with E-state index >= 15 is 0 Å². The molecule has 2 unspecified atom stereocenters. The van der Waals surface area contributed by atoms with Crippen LogP contribution >= 0.6 is 0 Å². The molecule has 1 heterocycles. The fourth-order valence-corrected chi connectivity index (χ4v) is 2.72. The summed E-state index contributed by atoms with van der Waals surface area (Å²) in [5, 5.41) is 7.85. The highest BCUT2D eigenvalue weighted by atomic mass is 16.1. The number of nitrogens with zero attached hydrogens (tertiary/aromatic N) is 3. The number of Topliss-reactive ketones (excluding diaryl/α,β-unsaturated/α-hetero) is 1. The van der Waals surface area contributed by atoms with Gasteiger partial charge in [0.2, 0.25) is 0 Å². The fraction of sp³-hybridized carbons (Fsp3) is 0.769. The molecule has 1 aromatic rings. The van der Waals surface area contributed by atoms with Gasteiger partial charge in [0.1, 0.15) is 5.69 Å². The Labute approximate surface area is 102 Å². The molecule has 17 heavy (non-hydrogen) atoms. The molecule has 1 aliphatic carbocycles. The number of aromatic nitrogens is 3. The number of carbonyl (C=O) groups is 1. The molecule has 94 valence electrons. The Morgan fingerprint density at radius 3 is 2.94 bits per heavy atom. The molecule has 4 nitrogen and oxygen atoms in total. The summed E-state index contributed by atoms with van der Waals surface area (Å²) in [4.78, 5) is 12.4. The van der Waals surface area contributed by atoms with Crippen LogP contribution in [0.1, 0.15) is 56.4 Å². The first-order chi connectivity index (χ1) is 8.26. The van der Waals surface area contributed by atoms with Crippen molar-refractivity contribution in [2.45, 2.75) is 52.5 Å². The maximum Gasteiger partial charge on any atom is 0.185 e. The number of hydrogen-bond acceptors (Lipinski definition) is 3. The Bertz CT molecular complexity index is 386. The van der Waals surface area contributed by atoms with Gasteiger partial charge in [-0.2, -0.15) is 0 Å². The van der Waals surface area contributed by atoms with E-state index in [1.165, 1.54) is 12.8 Å². The van der Waals surface area contributed by atoms with Crippen LogP contribution in [0.3, 0.4) is 0 Å². The van der Waals surface area contributed by atoms with Gasteiger partial charge in [-0.15, -0.1) is 5.10 Å². The lowest BCUT2D eigenvalue weighted by Gasteiger charge is -2.09. The molecule has 0 spiro atoms. The van der Waals surface area contributed by atoms with Gasteiger partial charge in [-0.1, -0.05) is 25.5 Å². The molecule has 0 aromatic carbocycles. The Morgan fingerprint density at radius 1 is 1.47 bits per heavy atom. The third kappa shape index (κ3) is 2.56. The predicted octanol–water partition coefficient (Wildman–Crippen LogP) is 2.70. The van der Waals surface area contributed by atoms with Crippen molar-refractivity contribution in [3.8, 4) is 0 Å². The monoisotopic (exact) mass is 235 g/mol. The van der Waals surface area contributed by atoms with Crippen LogP contribution in [0.4, 0.5) is 0 Å². The largest absolute Gasteiger partial charge is 0.292 e. The SMILES string of the molecule is CCCn1nncc1C(=O)C1CCC(CC)C1. The number of aryl methyl sites for hydroxylation is 1. The zero-order valence-electron chi connectivity index (χ0n) is 10.7. The van der Waals surface area contributed by atoms with Crippen LogP contribution in [0.2, 0.25) is 0 Å². The number of rotatable bonds is 5. The molecular weight excluding hydrogens is 214 g/mol. The van der Waals surface area contributed by atoms with Gasteiger partial charge >= 0.3 is 0 Å². The molecule has 2 rings (SSSR count). The predicted molar refractivity (Wildman–Crippen MR) is 65.8 cm³/mol. The van der Waals surface area contributed by atoms with Crippen LogP contribution in [-0.2, 0) is 6.54 Å². The van der Waals surface area contributed by atoms with E-state index in [1.54, 1.807) is 10.9 Å². The van der Waals surface area contributed by atoms with Crippen molar-refractivity contribution in [1.29, 1.82) is 0 Å². The van der Waals surface area contributed by atoms with E-state index in [9.17, 15) is 4.79 Å². The summed E-state index contributed by atoms with van der Waals surface area (Å²) in [6, 6.07) is 0. The lowest BCUT2D eigenvalue weighted by atomic mass is 9.97. The molecule has 1 saturated carbocycles. The third-order valence-corrected chi connectivity index (χ3v) is 3.79. The van der Waals surface area contributed by atoms with Crippen molar-refractivity contribution in [3.63, 3.8) is 0 Å². The standard InChI is InChI=1S/C13H21N3O/c1-3-7-16-12(9-14-15-16)13(17)11-6-5-10(4-2)8-11/h9-11H,3-8H2,1-2H3. The van der Waals surface area contributed by atoms with Crippen molar-refractivity contribution in [2.24, 2.45) is 11.8 Å². The summed E-state index contributed by atoms with van der Waals surface area (Å²) >= 11 is 0. The van der Waals surface area contributed by atoms with Crippen molar-refractivity contribution >= 4 is 5.78 Å². The van der Waals surface area contributed by atoms with Crippen LogP contribution in [0.15, 0.2) is 6.20 Å². The van der Waals surface area contributed by atoms with E-state index in [0.29, 0.717) is 5.69 Å². The Hall–Kier alpha value is -1.19. The molecular formula is C13H21N3O. The maximum absolute atomic E-state index is 12.4. The minimum Gasteiger partial charge on any atom is -0.292 e. The molecule has 0 aliphatic heterocycles. The summed E-state index contributed by atoms with van der Waals surface area (Å²) in [7, 11) is 0. The second kappa shape index (κ2) is 5.43. The summed E-state index contributed by atoms with van der Waals surface area (Å²) < 4.78 is 1.75. The summed E-state index contributed by atoms with van der Waals surface area (Å²) in [6.07, 6.45) is 7.07. The second-order valence-corrected chi connectivity index (χ2v) is 4.99. The molecule has 0 N–H and O–H groups in total. The first-order valence-corrected chi connectivity index (χ1v) is 6.68. The highest BCUT2D eigenvalue weighted by Gasteiger charge is 2.31. The summed E-state index contributed by atoms with van der Waals surface area (Å²) in [6.45, 7) is 5.07. The first-order valence-electron chi connectivity index (χ1n) is 6.68. The van der Waals surface area contributed by atoms with Gasteiger partial charge in [-0.25, -0.2) is 4.68 Å². The van der Waals surface area contributed by atoms with Gasteiger partial charge in [-0.3, -0.25) is 4.79 Å². The Morgan fingerprint density at radius 2 is 2.29 bits per heavy atom. The molecule has 0 amide bonds. The smallest absolute Gasteiger partial charge is 0.185 e. The van der Waals surface area contributed by atoms with Crippen LogP contribution in [0, 0.1) is 11.8 Å². The van der Waals surface area contributed by atoms with Crippen molar-refractivity contribution in [1.82, 2.24) is 15.0 Å². The zero-order valence-corrected chi connectivity index (χ0v) is 10.7. The van der Waals surface area contributed by atoms with Crippen LogP contribution in [0.5, 0.6) is 0 Å². The van der Waals surface area contributed by atoms with E-state index < -0.39 is 0 Å². The van der Waals surface area contributed by atoms with Crippen LogP contribution < -0.4 is 0 Å². The van der Waals surface area contributed by atoms with E-state index in [-0.39, 0.29) is 11.7 Å². The first kappa shape index (κ1) is 12.3. The third-order valence-electron chi connectivity index (χ3n) is 3.79. The lowest BCUT2D eigenvalue weighted by molar-refractivity contribution is 0.0908. The number of ketones is 1. The quantitative estimate of drug-likeness (QED) is 0.737. The van der Waals surface area contributed by atoms with Gasteiger partial charge in [0.15, 0.2) is 5.78 Å².